The molecule has 4 aromatic rings. The number of halogens is 2. The van der Waals surface area contributed by atoms with Crippen molar-refractivity contribution in [1.82, 2.24) is 5.32 Å². The van der Waals surface area contributed by atoms with E-state index in [2.05, 4.69) is 16.0 Å². The molecule has 0 aliphatic carbocycles. The highest BCUT2D eigenvalue weighted by Gasteiger charge is 2.15. The van der Waals surface area contributed by atoms with Crippen LogP contribution in [-0.4, -0.2) is 23.5 Å². The van der Waals surface area contributed by atoms with E-state index in [1.54, 1.807) is 72.8 Å². The van der Waals surface area contributed by atoms with E-state index in [1.165, 1.54) is 11.8 Å². The number of anilines is 2. The second kappa shape index (κ2) is 13.7. The lowest BCUT2D eigenvalue weighted by Crippen LogP contribution is -2.30. The normalized spacial score (nSPS) is 11.0. The quantitative estimate of drug-likeness (QED) is 0.146. The van der Waals surface area contributed by atoms with Gasteiger partial charge in [0.1, 0.15) is 5.70 Å². The summed E-state index contributed by atoms with van der Waals surface area (Å²) < 4.78 is 0. The van der Waals surface area contributed by atoms with Gasteiger partial charge >= 0.3 is 0 Å². The molecular formula is C30H23Cl2N3O3S. The van der Waals surface area contributed by atoms with Crippen molar-refractivity contribution in [1.29, 1.82) is 0 Å². The molecular weight excluding hydrogens is 553 g/mol. The number of carbonyl (C=O) groups excluding carboxylic acids is 3. The zero-order valence-corrected chi connectivity index (χ0v) is 22.8. The first-order valence-electron chi connectivity index (χ1n) is 11.8. The highest BCUT2D eigenvalue weighted by molar-refractivity contribution is 8.00. The number of amides is 3. The Hall–Kier alpha value is -4.04. The number of nitrogens with one attached hydrogen (secondary N) is 3. The molecule has 0 unspecified atom stereocenters. The van der Waals surface area contributed by atoms with Gasteiger partial charge in [0.2, 0.25) is 5.91 Å². The van der Waals surface area contributed by atoms with Crippen molar-refractivity contribution < 1.29 is 14.4 Å². The average molecular weight is 577 g/mol. The molecule has 196 valence electrons. The van der Waals surface area contributed by atoms with Crippen molar-refractivity contribution in [3.05, 3.63) is 130 Å². The lowest BCUT2D eigenvalue weighted by Gasteiger charge is -2.12. The van der Waals surface area contributed by atoms with Crippen LogP contribution in [0.3, 0.4) is 0 Å². The van der Waals surface area contributed by atoms with Gasteiger partial charge in [-0.25, -0.2) is 0 Å². The van der Waals surface area contributed by atoms with Gasteiger partial charge in [0, 0.05) is 16.1 Å². The van der Waals surface area contributed by atoms with Gasteiger partial charge in [0.15, 0.2) is 0 Å². The Kier molecular flexibility index (Phi) is 9.80. The lowest BCUT2D eigenvalue weighted by atomic mass is 10.1. The van der Waals surface area contributed by atoms with Crippen LogP contribution in [0.2, 0.25) is 10.0 Å². The third-order valence-corrected chi connectivity index (χ3v) is 7.18. The summed E-state index contributed by atoms with van der Waals surface area (Å²) in [6.07, 6.45) is 1.62. The summed E-state index contributed by atoms with van der Waals surface area (Å²) >= 11 is 13.4. The molecule has 9 heteroatoms. The summed E-state index contributed by atoms with van der Waals surface area (Å²) in [5.41, 5.74) is 2.29. The molecule has 6 nitrogen and oxygen atoms in total. The van der Waals surface area contributed by atoms with Gasteiger partial charge in [0.05, 0.1) is 21.5 Å². The molecule has 3 amide bonds. The maximum atomic E-state index is 13.1. The van der Waals surface area contributed by atoms with Crippen LogP contribution < -0.4 is 16.0 Å². The first-order chi connectivity index (χ1) is 18.9. The second-order valence-corrected chi connectivity index (χ2v) is 10.0. The van der Waals surface area contributed by atoms with Crippen LogP contribution in [0.1, 0.15) is 15.9 Å². The van der Waals surface area contributed by atoms with Crippen LogP contribution in [0.5, 0.6) is 0 Å². The molecule has 0 saturated carbocycles. The maximum Gasteiger partial charge on any atom is 0.272 e. The smallest absolute Gasteiger partial charge is 0.272 e. The number of thioether (sulfide) groups is 1. The van der Waals surface area contributed by atoms with E-state index in [-0.39, 0.29) is 17.4 Å². The monoisotopic (exact) mass is 575 g/mol. The number of carbonyl (C=O) groups is 3. The van der Waals surface area contributed by atoms with Gasteiger partial charge in [-0.2, -0.15) is 0 Å². The van der Waals surface area contributed by atoms with E-state index in [0.717, 1.165) is 10.5 Å². The highest BCUT2D eigenvalue weighted by Crippen LogP contribution is 2.30. The molecule has 0 saturated heterocycles. The van der Waals surface area contributed by atoms with Gasteiger partial charge in [-0.05, 0) is 60.2 Å². The Labute approximate surface area is 240 Å². The fourth-order valence-electron chi connectivity index (χ4n) is 3.43. The molecule has 0 bridgehead atoms. The predicted octanol–water partition coefficient (Wildman–Crippen LogP) is 7.13. The number of benzene rings is 4. The summed E-state index contributed by atoms with van der Waals surface area (Å²) in [4.78, 5) is 39.1. The van der Waals surface area contributed by atoms with Gasteiger partial charge in [0.25, 0.3) is 11.8 Å². The summed E-state index contributed by atoms with van der Waals surface area (Å²) in [5.74, 6) is -0.936. The molecule has 0 spiro atoms. The molecule has 4 rings (SSSR count). The summed E-state index contributed by atoms with van der Waals surface area (Å²) in [6.45, 7) is 0. The molecule has 3 N–H and O–H groups in total. The highest BCUT2D eigenvalue weighted by atomic mass is 35.5. The minimum Gasteiger partial charge on any atom is -0.324 e. The van der Waals surface area contributed by atoms with Crippen molar-refractivity contribution >= 4 is 70.1 Å². The Morgan fingerprint density at radius 2 is 1.41 bits per heavy atom. The molecule has 0 fully saturated rings. The molecule has 4 aromatic carbocycles. The summed E-state index contributed by atoms with van der Waals surface area (Å²) in [5, 5.41) is 8.93. The Morgan fingerprint density at radius 1 is 0.744 bits per heavy atom. The number of hydrogen-bond acceptors (Lipinski definition) is 4. The van der Waals surface area contributed by atoms with Gasteiger partial charge < -0.3 is 16.0 Å². The average Bonchev–Trinajstić information content (AvgIpc) is 2.96. The van der Waals surface area contributed by atoms with Crippen LogP contribution in [0.15, 0.2) is 114 Å². The van der Waals surface area contributed by atoms with Crippen molar-refractivity contribution in [3.8, 4) is 0 Å². The lowest BCUT2D eigenvalue weighted by molar-refractivity contribution is -0.114. The number of rotatable bonds is 9. The maximum absolute atomic E-state index is 13.1. The van der Waals surface area contributed by atoms with E-state index < -0.39 is 11.8 Å². The molecule has 0 atom stereocenters. The molecule has 0 aliphatic rings. The van der Waals surface area contributed by atoms with Crippen molar-refractivity contribution in [2.75, 3.05) is 16.4 Å². The van der Waals surface area contributed by atoms with E-state index in [9.17, 15) is 14.4 Å². The molecule has 0 aliphatic heterocycles. The SMILES string of the molecule is O=C(CSc1ccc(NC(=O)/C(=C/c2ccccc2)NC(=O)c2ccccc2)cc1)Nc1cccc(Cl)c1Cl. The topological polar surface area (TPSA) is 87.3 Å². The van der Waals surface area contributed by atoms with Gasteiger partial charge in [-0.3, -0.25) is 14.4 Å². The Bertz CT molecular complexity index is 1500. The van der Waals surface area contributed by atoms with Gasteiger partial charge in [-0.15, -0.1) is 11.8 Å². The van der Waals surface area contributed by atoms with Crippen LogP contribution in [0, 0.1) is 0 Å². The van der Waals surface area contributed by atoms with Crippen LogP contribution in [0.4, 0.5) is 11.4 Å². The van der Waals surface area contributed by atoms with E-state index in [1.807, 2.05) is 36.4 Å². The van der Waals surface area contributed by atoms with E-state index in [0.29, 0.717) is 27.0 Å². The minimum atomic E-state index is -0.471. The Morgan fingerprint density at radius 3 is 2.10 bits per heavy atom. The molecule has 39 heavy (non-hydrogen) atoms. The van der Waals surface area contributed by atoms with Crippen LogP contribution in [0.25, 0.3) is 6.08 Å². The first kappa shape index (κ1) is 28.0. The fourth-order valence-corrected chi connectivity index (χ4v) is 4.47. The van der Waals surface area contributed by atoms with Crippen molar-refractivity contribution in [2.45, 2.75) is 4.90 Å². The molecule has 0 radical (unpaired) electrons. The van der Waals surface area contributed by atoms with E-state index in [4.69, 9.17) is 23.2 Å². The van der Waals surface area contributed by atoms with Crippen LogP contribution in [-0.2, 0) is 9.59 Å². The Balaban J connectivity index is 1.39. The van der Waals surface area contributed by atoms with Crippen molar-refractivity contribution in [3.63, 3.8) is 0 Å². The molecule has 0 heterocycles. The predicted molar refractivity (Wildman–Crippen MR) is 159 cm³/mol. The third-order valence-electron chi connectivity index (χ3n) is 5.35. The zero-order chi connectivity index (χ0) is 27.6. The van der Waals surface area contributed by atoms with Crippen molar-refractivity contribution in [2.24, 2.45) is 0 Å². The summed E-state index contributed by atoms with van der Waals surface area (Å²) in [6, 6.07) is 30.0. The fraction of sp³-hybridized carbons (Fsp3) is 0.0333. The molecule has 0 aromatic heterocycles. The second-order valence-electron chi connectivity index (χ2n) is 8.21. The zero-order valence-electron chi connectivity index (χ0n) is 20.5. The minimum absolute atomic E-state index is 0.102. The van der Waals surface area contributed by atoms with Gasteiger partial charge in [-0.1, -0.05) is 77.8 Å². The standard InChI is InChI=1S/C30H23Cl2N3O3S/c31-24-12-7-13-25(28(24)32)34-27(36)19-39-23-16-14-22(15-17-23)33-30(38)26(18-20-8-3-1-4-9-20)35-29(37)21-10-5-2-6-11-21/h1-18H,19H2,(H,33,38)(H,34,36)(H,35,37)/b26-18-. The first-order valence-corrected chi connectivity index (χ1v) is 13.5. The third kappa shape index (κ3) is 8.22. The van der Waals surface area contributed by atoms with E-state index >= 15 is 0 Å². The largest absolute Gasteiger partial charge is 0.324 e. The number of hydrogen-bond donors (Lipinski definition) is 3. The summed E-state index contributed by atoms with van der Waals surface area (Å²) in [7, 11) is 0. The van der Waals surface area contributed by atoms with Crippen LogP contribution >= 0.6 is 35.0 Å².